The van der Waals surface area contributed by atoms with E-state index in [4.69, 9.17) is 23.2 Å². The van der Waals surface area contributed by atoms with Gasteiger partial charge in [-0.1, -0.05) is 23.2 Å². The molecule has 1 aromatic heterocycles. The van der Waals surface area contributed by atoms with Gasteiger partial charge in [0.15, 0.2) is 17.5 Å². The number of hydrogen-bond acceptors (Lipinski definition) is 3. The van der Waals surface area contributed by atoms with E-state index in [1.807, 2.05) is 5.32 Å². The van der Waals surface area contributed by atoms with Crippen molar-refractivity contribution < 1.29 is 18.0 Å². The van der Waals surface area contributed by atoms with E-state index in [0.717, 1.165) is 16.9 Å². The number of carbonyl (C=O) groups excluding carboxylic acids is 1. The Morgan fingerprint density at radius 3 is 2.57 bits per heavy atom. The lowest BCUT2D eigenvalue weighted by molar-refractivity contribution is -0.119. The topological polar surface area (TPSA) is 64.0 Å². The van der Waals surface area contributed by atoms with Crippen LogP contribution in [-0.2, 0) is 4.79 Å². The molecule has 0 radical (unpaired) electrons. The molecule has 0 fully saturated rings. The van der Waals surface area contributed by atoms with E-state index in [9.17, 15) is 22.8 Å². The van der Waals surface area contributed by atoms with Gasteiger partial charge in [0.05, 0.1) is 16.9 Å². The fourth-order valence-corrected chi connectivity index (χ4v) is 1.93. The highest BCUT2D eigenvalue weighted by Gasteiger charge is 2.22. The van der Waals surface area contributed by atoms with Crippen LogP contribution in [-0.4, -0.2) is 15.7 Å². The molecule has 0 saturated carbocycles. The van der Waals surface area contributed by atoms with Gasteiger partial charge in [-0.2, -0.15) is 5.10 Å². The maximum absolute atomic E-state index is 13.5. The Balaban J connectivity index is 2.30. The Morgan fingerprint density at radius 1 is 1.26 bits per heavy atom. The summed E-state index contributed by atoms with van der Waals surface area (Å²) < 4.78 is 40.2. The number of aromatic nitrogens is 2. The van der Waals surface area contributed by atoms with Crippen molar-refractivity contribution in [2.75, 3.05) is 5.32 Å². The molecule has 1 atom stereocenters. The number of benzene rings is 1. The number of nitrogens with one attached hydrogen (secondary N) is 1. The summed E-state index contributed by atoms with van der Waals surface area (Å²) in [4.78, 5) is 23.9. The molecule has 2 aromatic rings. The Labute approximate surface area is 137 Å². The molecule has 122 valence electrons. The second-order valence-electron chi connectivity index (χ2n) is 4.44. The van der Waals surface area contributed by atoms with Crippen LogP contribution in [0.1, 0.15) is 13.0 Å². The van der Waals surface area contributed by atoms with Gasteiger partial charge in [-0.25, -0.2) is 17.9 Å². The summed E-state index contributed by atoms with van der Waals surface area (Å²) >= 11 is 11.3. The monoisotopic (exact) mass is 365 g/mol. The van der Waals surface area contributed by atoms with E-state index in [-0.39, 0.29) is 10.0 Å². The minimum Gasteiger partial charge on any atom is -0.322 e. The van der Waals surface area contributed by atoms with E-state index in [1.54, 1.807) is 0 Å². The maximum atomic E-state index is 13.5. The third-order valence-corrected chi connectivity index (χ3v) is 3.69. The SMILES string of the molecule is C[C@H](C(=O)Nc1ccc(F)c(F)c1F)n1ncc(Cl)c(Cl)c1=O. The number of anilines is 1. The highest BCUT2D eigenvalue weighted by molar-refractivity contribution is 6.41. The predicted molar refractivity (Wildman–Crippen MR) is 78.2 cm³/mol. The number of hydrogen-bond donors (Lipinski definition) is 1. The molecule has 2 rings (SSSR count). The highest BCUT2D eigenvalue weighted by atomic mass is 35.5. The minimum absolute atomic E-state index is 0.0906. The fourth-order valence-electron chi connectivity index (χ4n) is 1.67. The third kappa shape index (κ3) is 3.32. The second kappa shape index (κ2) is 6.59. The lowest BCUT2D eigenvalue weighted by atomic mass is 10.2. The Bertz CT molecular complexity index is 842. The molecule has 0 saturated heterocycles. The molecule has 1 N–H and O–H groups in total. The van der Waals surface area contributed by atoms with Gasteiger partial charge in [0.25, 0.3) is 5.56 Å². The Kier molecular flexibility index (Phi) is 4.96. The van der Waals surface area contributed by atoms with E-state index >= 15 is 0 Å². The molecule has 1 heterocycles. The first-order valence-electron chi connectivity index (χ1n) is 6.11. The summed E-state index contributed by atoms with van der Waals surface area (Å²) in [6, 6.07) is 0.302. The number of halogens is 5. The van der Waals surface area contributed by atoms with Crippen LogP contribution < -0.4 is 10.9 Å². The first kappa shape index (κ1) is 17.3. The quantitative estimate of drug-likeness (QED) is 0.849. The van der Waals surface area contributed by atoms with Gasteiger partial charge in [-0.15, -0.1) is 0 Å². The highest BCUT2D eigenvalue weighted by Crippen LogP contribution is 2.21. The molecule has 1 aromatic carbocycles. The summed E-state index contributed by atoms with van der Waals surface area (Å²) in [6.07, 6.45) is 1.06. The van der Waals surface area contributed by atoms with E-state index in [1.165, 1.54) is 6.92 Å². The molecular weight excluding hydrogens is 358 g/mol. The van der Waals surface area contributed by atoms with Crippen molar-refractivity contribution in [1.82, 2.24) is 9.78 Å². The average molecular weight is 366 g/mol. The van der Waals surface area contributed by atoms with E-state index in [2.05, 4.69) is 5.10 Å². The van der Waals surface area contributed by atoms with Crippen molar-refractivity contribution in [3.63, 3.8) is 0 Å². The smallest absolute Gasteiger partial charge is 0.287 e. The molecule has 1 amide bonds. The summed E-state index contributed by atoms with van der Waals surface area (Å²) in [6.45, 7) is 1.28. The zero-order valence-electron chi connectivity index (χ0n) is 11.4. The maximum Gasteiger partial charge on any atom is 0.287 e. The van der Waals surface area contributed by atoms with Crippen molar-refractivity contribution in [3.8, 4) is 0 Å². The van der Waals surface area contributed by atoms with Gasteiger partial charge >= 0.3 is 0 Å². The van der Waals surface area contributed by atoms with Crippen molar-refractivity contribution >= 4 is 34.8 Å². The molecule has 10 heteroatoms. The number of nitrogens with zero attached hydrogens (tertiary/aromatic N) is 2. The van der Waals surface area contributed by atoms with Crippen LogP contribution in [0.15, 0.2) is 23.1 Å². The molecular formula is C13H8Cl2F3N3O2. The molecule has 0 bridgehead atoms. The minimum atomic E-state index is -1.72. The number of amides is 1. The van der Waals surface area contributed by atoms with Crippen molar-refractivity contribution in [1.29, 1.82) is 0 Å². The lowest BCUT2D eigenvalue weighted by Gasteiger charge is -2.15. The van der Waals surface area contributed by atoms with E-state index in [0.29, 0.717) is 6.07 Å². The molecule has 0 aliphatic heterocycles. The van der Waals surface area contributed by atoms with Crippen LogP contribution >= 0.6 is 23.2 Å². The van der Waals surface area contributed by atoms with Crippen LogP contribution in [0.4, 0.5) is 18.9 Å². The number of carbonyl (C=O) groups is 1. The molecule has 5 nitrogen and oxygen atoms in total. The molecule has 0 aliphatic rings. The van der Waals surface area contributed by atoms with Crippen molar-refractivity contribution in [2.24, 2.45) is 0 Å². The van der Waals surface area contributed by atoms with E-state index < -0.39 is 40.6 Å². The first-order chi connectivity index (χ1) is 10.7. The van der Waals surface area contributed by atoms with Gasteiger partial charge in [0, 0.05) is 0 Å². The van der Waals surface area contributed by atoms with Crippen LogP contribution in [0.2, 0.25) is 10.0 Å². The molecule has 0 spiro atoms. The van der Waals surface area contributed by atoms with Gasteiger partial charge in [0.1, 0.15) is 11.1 Å². The van der Waals surface area contributed by atoms with Crippen LogP contribution in [0.3, 0.4) is 0 Å². The van der Waals surface area contributed by atoms with Gasteiger partial charge in [-0.05, 0) is 19.1 Å². The van der Waals surface area contributed by atoms with Gasteiger partial charge in [-0.3, -0.25) is 9.59 Å². The largest absolute Gasteiger partial charge is 0.322 e. The molecule has 0 unspecified atom stereocenters. The standard InChI is InChI=1S/C13H8Cl2F3N3O2/c1-5(21-13(23)9(15)6(14)4-19-21)12(22)20-8-3-2-7(16)10(17)11(8)18/h2-5H,1H3,(H,20,22)/t5-/m1/s1. The molecule has 23 heavy (non-hydrogen) atoms. The fraction of sp³-hybridized carbons (Fsp3) is 0.154. The zero-order chi connectivity index (χ0) is 17.3. The second-order valence-corrected chi connectivity index (χ2v) is 5.23. The first-order valence-corrected chi connectivity index (χ1v) is 6.86. The predicted octanol–water partition coefficient (Wildman–Crippen LogP) is 3.17. The summed E-state index contributed by atoms with van der Waals surface area (Å²) in [5, 5.41) is 5.27. The van der Waals surface area contributed by atoms with Gasteiger partial charge < -0.3 is 5.32 Å². The summed E-state index contributed by atoms with van der Waals surface area (Å²) in [5.41, 5.74) is -1.40. The Morgan fingerprint density at radius 2 is 1.91 bits per heavy atom. The lowest BCUT2D eigenvalue weighted by Crippen LogP contribution is -2.33. The average Bonchev–Trinajstić information content (AvgIpc) is 2.52. The Hall–Kier alpha value is -2.06. The zero-order valence-corrected chi connectivity index (χ0v) is 12.9. The summed E-state index contributed by atoms with van der Waals surface area (Å²) in [7, 11) is 0. The van der Waals surface area contributed by atoms with Crippen LogP contribution in [0.5, 0.6) is 0 Å². The normalized spacial score (nSPS) is 12.1. The van der Waals surface area contributed by atoms with Crippen LogP contribution in [0.25, 0.3) is 0 Å². The third-order valence-electron chi connectivity index (χ3n) is 2.94. The van der Waals surface area contributed by atoms with Crippen LogP contribution in [0, 0.1) is 17.5 Å². The van der Waals surface area contributed by atoms with Crippen molar-refractivity contribution in [3.05, 3.63) is 56.2 Å². The molecule has 0 aliphatic carbocycles. The number of rotatable bonds is 3. The van der Waals surface area contributed by atoms with Crippen molar-refractivity contribution in [2.45, 2.75) is 13.0 Å². The summed E-state index contributed by atoms with van der Waals surface area (Å²) in [5.74, 6) is -5.56. The van der Waals surface area contributed by atoms with Gasteiger partial charge in [0.2, 0.25) is 5.91 Å².